The first kappa shape index (κ1) is 13.4. The molecule has 0 spiro atoms. The quantitative estimate of drug-likeness (QED) is 0.542. The van der Waals surface area contributed by atoms with Crippen molar-refractivity contribution in [3.63, 3.8) is 0 Å². The standard InChI is InChI=1S/C8H16N2O5S/c1-5(8(11)12)16(13,14)10-6-3-9-4-7(6)15-2/h5-7,9-10H,3-4H2,1-2H3,(H,11,12)/t5?,6?,7-/m0/s1. The number of hydrogen-bond donors (Lipinski definition) is 3. The molecule has 7 nitrogen and oxygen atoms in total. The van der Waals surface area contributed by atoms with E-state index in [2.05, 4.69) is 10.0 Å². The van der Waals surface area contributed by atoms with E-state index in [1.807, 2.05) is 0 Å². The molecule has 94 valence electrons. The molecule has 1 rings (SSSR count). The van der Waals surface area contributed by atoms with Gasteiger partial charge >= 0.3 is 5.97 Å². The minimum absolute atomic E-state index is 0.268. The molecule has 1 heterocycles. The maximum Gasteiger partial charge on any atom is 0.323 e. The van der Waals surface area contributed by atoms with Gasteiger partial charge < -0.3 is 15.2 Å². The SMILES string of the molecule is CO[C@H]1CNCC1NS(=O)(=O)C(C)C(=O)O. The minimum atomic E-state index is -3.86. The molecule has 1 aliphatic heterocycles. The van der Waals surface area contributed by atoms with E-state index in [0.717, 1.165) is 6.92 Å². The number of hydrogen-bond acceptors (Lipinski definition) is 5. The van der Waals surface area contributed by atoms with Crippen molar-refractivity contribution in [1.29, 1.82) is 0 Å². The Bertz CT molecular complexity index is 355. The van der Waals surface area contributed by atoms with Gasteiger partial charge in [-0.05, 0) is 6.92 Å². The van der Waals surface area contributed by atoms with Crippen LogP contribution in [0.1, 0.15) is 6.92 Å². The van der Waals surface area contributed by atoms with Crippen molar-refractivity contribution in [1.82, 2.24) is 10.0 Å². The molecule has 0 bridgehead atoms. The molecule has 1 fully saturated rings. The van der Waals surface area contributed by atoms with Gasteiger partial charge in [-0.15, -0.1) is 0 Å². The second-order valence-corrected chi connectivity index (χ2v) is 5.72. The molecule has 8 heteroatoms. The topological polar surface area (TPSA) is 105 Å². The fourth-order valence-electron chi connectivity index (χ4n) is 1.47. The van der Waals surface area contributed by atoms with Crippen molar-refractivity contribution in [2.75, 3.05) is 20.2 Å². The van der Waals surface area contributed by atoms with Crippen LogP contribution in [0, 0.1) is 0 Å². The van der Waals surface area contributed by atoms with E-state index >= 15 is 0 Å². The van der Waals surface area contributed by atoms with Gasteiger partial charge in [-0.2, -0.15) is 0 Å². The molecular formula is C8H16N2O5S. The van der Waals surface area contributed by atoms with E-state index in [0.29, 0.717) is 13.1 Å². The van der Waals surface area contributed by atoms with Crippen molar-refractivity contribution < 1.29 is 23.1 Å². The molecule has 2 unspecified atom stereocenters. The first-order chi connectivity index (χ1) is 7.38. The summed E-state index contributed by atoms with van der Waals surface area (Å²) in [6, 6.07) is -0.420. The largest absolute Gasteiger partial charge is 0.480 e. The third-order valence-corrected chi connectivity index (χ3v) is 4.35. The number of ether oxygens (including phenoxy) is 1. The smallest absolute Gasteiger partial charge is 0.323 e. The number of rotatable bonds is 5. The average Bonchev–Trinajstić information content (AvgIpc) is 2.63. The van der Waals surface area contributed by atoms with Crippen molar-refractivity contribution in [2.24, 2.45) is 0 Å². The highest BCUT2D eigenvalue weighted by Crippen LogP contribution is 2.08. The van der Waals surface area contributed by atoms with Crippen LogP contribution in [0.25, 0.3) is 0 Å². The molecule has 0 aromatic heterocycles. The lowest BCUT2D eigenvalue weighted by Crippen LogP contribution is -2.48. The molecule has 0 aromatic carbocycles. The van der Waals surface area contributed by atoms with Crippen LogP contribution in [-0.2, 0) is 19.6 Å². The second-order valence-electron chi connectivity index (χ2n) is 3.68. The predicted molar refractivity (Wildman–Crippen MR) is 56.6 cm³/mol. The Hall–Kier alpha value is -0.700. The summed E-state index contributed by atoms with van der Waals surface area (Å²) in [5.41, 5.74) is 0. The van der Waals surface area contributed by atoms with Crippen molar-refractivity contribution in [2.45, 2.75) is 24.3 Å². The Morgan fingerprint density at radius 3 is 2.69 bits per heavy atom. The van der Waals surface area contributed by atoms with E-state index in [4.69, 9.17) is 9.84 Å². The maximum absolute atomic E-state index is 11.6. The molecule has 0 radical (unpaired) electrons. The zero-order chi connectivity index (χ0) is 12.3. The number of methoxy groups -OCH3 is 1. The van der Waals surface area contributed by atoms with Crippen LogP contribution in [0.4, 0.5) is 0 Å². The fraction of sp³-hybridized carbons (Fsp3) is 0.875. The van der Waals surface area contributed by atoms with E-state index in [-0.39, 0.29) is 6.10 Å². The molecule has 3 atom stereocenters. The van der Waals surface area contributed by atoms with Crippen LogP contribution in [0.3, 0.4) is 0 Å². The van der Waals surface area contributed by atoms with Gasteiger partial charge in [-0.25, -0.2) is 13.1 Å². The number of sulfonamides is 1. The number of carboxylic acids is 1. The van der Waals surface area contributed by atoms with E-state index < -0.39 is 27.3 Å². The Kier molecular flexibility index (Phi) is 4.25. The Morgan fingerprint density at radius 2 is 2.19 bits per heavy atom. The molecule has 1 aliphatic rings. The summed E-state index contributed by atoms with van der Waals surface area (Å²) in [7, 11) is -2.37. The van der Waals surface area contributed by atoms with Crippen LogP contribution < -0.4 is 10.0 Å². The van der Waals surface area contributed by atoms with E-state index in [1.54, 1.807) is 0 Å². The lowest BCUT2D eigenvalue weighted by molar-refractivity contribution is -0.136. The zero-order valence-corrected chi connectivity index (χ0v) is 9.95. The molecule has 0 saturated carbocycles. The average molecular weight is 252 g/mol. The fourth-order valence-corrected chi connectivity index (χ4v) is 2.59. The molecule has 1 saturated heterocycles. The molecular weight excluding hydrogens is 236 g/mol. The summed E-state index contributed by atoms with van der Waals surface area (Å²) in [6.45, 7) is 2.12. The van der Waals surface area contributed by atoms with Crippen LogP contribution in [0.5, 0.6) is 0 Å². The van der Waals surface area contributed by atoms with Crippen molar-refractivity contribution in [3.8, 4) is 0 Å². The Morgan fingerprint density at radius 1 is 1.56 bits per heavy atom. The van der Waals surface area contributed by atoms with Gasteiger partial charge in [0, 0.05) is 20.2 Å². The summed E-state index contributed by atoms with van der Waals surface area (Å²) >= 11 is 0. The highest BCUT2D eigenvalue weighted by Gasteiger charge is 2.35. The van der Waals surface area contributed by atoms with Crippen LogP contribution in [0.2, 0.25) is 0 Å². The highest BCUT2D eigenvalue weighted by molar-refractivity contribution is 7.90. The molecule has 0 aliphatic carbocycles. The predicted octanol–water partition coefficient (Wildman–Crippen LogP) is -1.63. The van der Waals surface area contributed by atoms with Gasteiger partial charge in [-0.1, -0.05) is 0 Å². The lowest BCUT2D eigenvalue weighted by Gasteiger charge is -2.19. The summed E-state index contributed by atoms with van der Waals surface area (Å²) in [5, 5.41) is 10.1. The summed E-state index contributed by atoms with van der Waals surface area (Å²) in [6.07, 6.45) is -0.268. The first-order valence-electron chi connectivity index (χ1n) is 4.86. The van der Waals surface area contributed by atoms with Crippen LogP contribution in [-0.4, -0.2) is 57.1 Å². The van der Waals surface area contributed by atoms with Gasteiger partial charge in [0.25, 0.3) is 0 Å². The normalized spacial score (nSPS) is 27.9. The van der Waals surface area contributed by atoms with Gasteiger partial charge in [0.2, 0.25) is 10.0 Å². The minimum Gasteiger partial charge on any atom is -0.480 e. The molecule has 3 N–H and O–H groups in total. The summed E-state index contributed by atoms with van der Waals surface area (Å²) in [4.78, 5) is 10.6. The van der Waals surface area contributed by atoms with E-state index in [9.17, 15) is 13.2 Å². The maximum atomic E-state index is 11.6. The third-order valence-electron chi connectivity index (χ3n) is 2.59. The molecule has 0 amide bonds. The van der Waals surface area contributed by atoms with Gasteiger partial charge in [-0.3, -0.25) is 4.79 Å². The van der Waals surface area contributed by atoms with Crippen LogP contribution in [0.15, 0.2) is 0 Å². The number of nitrogens with one attached hydrogen (secondary N) is 2. The Balaban J connectivity index is 2.69. The Labute approximate surface area is 94.2 Å². The second kappa shape index (κ2) is 5.09. The molecule has 16 heavy (non-hydrogen) atoms. The third kappa shape index (κ3) is 2.91. The monoisotopic (exact) mass is 252 g/mol. The highest BCUT2D eigenvalue weighted by atomic mass is 32.2. The van der Waals surface area contributed by atoms with Gasteiger partial charge in [0.15, 0.2) is 5.25 Å². The van der Waals surface area contributed by atoms with Crippen LogP contribution >= 0.6 is 0 Å². The van der Waals surface area contributed by atoms with E-state index in [1.165, 1.54) is 7.11 Å². The van der Waals surface area contributed by atoms with Gasteiger partial charge in [0.05, 0.1) is 12.1 Å². The van der Waals surface area contributed by atoms with Crippen molar-refractivity contribution >= 4 is 16.0 Å². The number of carboxylic acid groups (broad SMARTS) is 1. The summed E-state index contributed by atoms with van der Waals surface area (Å²) in [5.74, 6) is -1.37. The molecule has 0 aromatic rings. The number of carbonyl (C=O) groups is 1. The lowest BCUT2D eigenvalue weighted by atomic mass is 10.2. The summed E-state index contributed by atoms with van der Waals surface area (Å²) < 4.78 is 30.6. The van der Waals surface area contributed by atoms with Gasteiger partial charge in [0.1, 0.15) is 0 Å². The first-order valence-corrected chi connectivity index (χ1v) is 6.40. The van der Waals surface area contributed by atoms with Crippen molar-refractivity contribution in [3.05, 3.63) is 0 Å². The zero-order valence-electron chi connectivity index (χ0n) is 9.13. The number of aliphatic carboxylic acids is 1.